The van der Waals surface area contributed by atoms with Crippen LogP contribution in [-0.2, 0) is 16.0 Å². The number of aromatic nitrogens is 1. The molecule has 3 aliphatic rings. The second-order valence-corrected chi connectivity index (χ2v) is 7.55. The SMILES string of the molecule is [2H]c1c([2H])c([2H])c2c(c1[2H])c1c3n2C(C(=O)OCC)=C[C@]2(CC)CCCN(CC1)[C@H]32. The molecular formula is C22H26N2O2. The van der Waals surface area contributed by atoms with Crippen LogP contribution in [0.15, 0.2) is 30.2 Å². The maximum absolute atomic E-state index is 13.1. The Labute approximate surface area is 160 Å². The van der Waals surface area contributed by atoms with E-state index in [2.05, 4.69) is 11.8 Å². The number of carbonyl (C=O) groups excluding carboxylic acids is 1. The molecule has 0 N–H and O–H groups in total. The lowest BCUT2D eigenvalue weighted by atomic mass is 9.66. The van der Waals surface area contributed by atoms with Crippen LogP contribution in [-0.4, -0.2) is 35.1 Å². The molecule has 2 atom stereocenters. The van der Waals surface area contributed by atoms with E-state index >= 15 is 0 Å². The summed E-state index contributed by atoms with van der Waals surface area (Å²) in [6, 6.07) is -0.525. The van der Waals surface area contributed by atoms with Crippen LogP contribution in [0.5, 0.6) is 0 Å². The van der Waals surface area contributed by atoms with Crippen molar-refractivity contribution in [3.8, 4) is 0 Å². The van der Waals surface area contributed by atoms with Gasteiger partial charge in [-0.05, 0) is 56.8 Å². The van der Waals surface area contributed by atoms with Crippen LogP contribution in [0.3, 0.4) is 0 Å². The second-order valence-electron chi connectivity index (χ2n) is 7.55. The highest BCUT2D eigenvalue weighted by Gasteiger charge is 2.51. The number of nitrogens with zero attached hydrogens (tertiary/aromatic N) is 2. The molecule has 5 rings (SSSR count). The van der Waals surface area contributed by atoms with Crippen molar-refractivity contribution < 1.29 is 15.0 Å². The molecule has 4 heteroatoms. The number of hydrogen-bond acceptors (Lipinski definition) is 3. The quantitative estimate of drug-likeness (QED) is 0.777. The van der Waals surface area contributed by atoms with Crippen molar-refractivity contribution in [2.45, 2.75) is 45.6 Å². The number of ether oxygens (including phenoxy) is 1. The Hall–Kier alpha value is -2.07. The van der Waals surface area contributed by atoms with E-state index in [4.69, 9.17) is 10.2 Å². The molecule has 136 valence electrons. The third-order valence-corrected chi connectivity index (χ3v) is 6.46. The van der Waals surface area contributed by atoms with Crippen molar-refractivity contribution in [3.05, 3.63) is 41.5 Å². The molecule has 0 unspecified atom stereocenters. The zero-order valence-corrected chi connectivity index (χ0v) is 15.3. The summed E-state index contributed by atoms with van der Waals surface area (Å²) in [4.78, 5) is 15.5. The zero-order valence-electron chi connectivity index (χ0n) is 19.3. The van der Waals surface area contributed by atoms with Gasteiger partial charge in [0, 0.05) is 23.0 Å². The van der Waals surface area contributed by atoms with E-state index in [0.717, 1.165) is 43.6 Å². The number of piperidine rings is 1. The molecule has 1 aromatic carbocycles. The molecule has 0 amide bonds. The largest absolute Gasteiger partial charge is 0.461 e. The summed E-state index contributed by atoms with van der Waals surface area (Å²) < 4.78 is 40.8. The van der Waals surface area contributed by atoms with Gasteiger partial charge in [-0.2, -0.15) is 0 Å². The van der Waals surface area contributed by atoms with E-state index in [0.29, 0.717) is 23.0 Å². The van der Waals surface area contributed by atoms with Crippen molar-refractivity contribution in [2.24, 2.45) is 5.41 Å². The number of rotatable bonds is 3. The number of fused-ring (bicyclic) bond motifs is 3. The molecule has 3 aliphatic heterocycles. The van der Waals surface area contributed by atoms with Gasteiger partial charge in [0.05, 0.1) is 23.6 Å². The maximum atomic E-state index is 13.1. The Balaban J connectivity index is 1.94. The highest BCUT2D eigenvalue weighted by atomic mass is 16.5. The van der Waals surface area contributed by atoms with Gasteiger partial charge in [-0.1, -0.05) is 25.1 Å². The van der Waals surface area contributed by atoms with Crippen molar-refractivity contribution >= 4 is 22.6 Å². The monoisotopic (exact) mass is 354 g/mol. The van der Waals surface area contributed by atoms with Gasteiger partial charge < -0.3 is 9.30 Å². The van der Waals surface area contributed by atoms with Gasteiger partial charge in [0.2, 0.25) is 0 Å². The fourth-order valence-corrected chi connectivity index (χ4v) is 5.36. The van der Waals surface area contributed by atoms with Gasteiger partial charge in [-0.25, -0.2) is 4.79 Å². The van der Waals surface area contributed by atoms with E-state index in [1.807, 2.05) is 6.08 Å². The molecular weight excluding hydrogens is 324 g/mol. The molecule has 0 aliphatic carbocycles. The molecule has 4 nitrogen and oxygen atoms in total. The summed E-state index contributed by atoms with van der Waals surface area (Å²) in [5.74, 6) is -0.432. The molecule has 4 heterocycles. The van der Waals surface area contributed by atoms with Crippen LogP contribution in [0.25, 0.3) is 16.6 Å². The van der Waals surface area contributed by atoms with Crippen molar-refractivity contribution in [1.29, 1.82) is 0 Å². The van der Waals surface area contributed by atoms with Gasteiger partial charge in [-0.3, -0.25) is 4.90 Å². The lowest BCUT2D eigenvalue weighted by molar-refractivity contribution is -0.136. The Morgan fingerprint density at radius 1 is 1.35 bits per heavy atom. The van der Waals surface area contributed by atoms with E-state index in [1.165, 1.54) is 0 Å². The molecule has 26 heavy (non-hydrogen) atoms. The predicted molar refractivity (Wildman–Crippen MR) is 103 cm³/mol. The van der Waals surface area contributed by atoms with Crippen molar-refractivity contribution in [3.63, 3.8) is 0 Å². The number of benzene rings is 1. The first-order valence-electron chi connectivity index (χ1n) is 11.6. The van der Waals surface area contributed by atoms with Gasteiger partial charge >= 0.3 is 5.97 Å². The highest BCUT2D eigenvalue weighted by molar-refractivity contribution is 6.13. The van der Waals surface area contributed by atoms with Crippen LogP contribution < -0.4 is 0 Å². The highest BCUT2D eigenvalue weighted by Crippen LogP contribution is 2.57. The Kier molecular flexibility index (Phi) is 2.71. The maximum Gasteiger partial charge on any atom is 0.354 e. The lowest BCUT2D eigenvalue weighted by Gasteiger charge is -2.53. The minimum absolute atomic E-state index is 0.0162. The normalized spacial score (nSPS) is 29.3. The minimum atomic E-state index is -0.432. The van der Waals surface area contributed by atoms with E-state index in [9.17, 15) is 4.79 Å². The predicted octanol–water partition coefficient (Wildman–Crippen LogP) is 4.15. The molecule has 2 aromatic rings. The average molecular weight is 354 g/mol. The van der Waals surface area contributed by atoms with Crippen LogP contribution in [0.2, 0.25) is 0 Å². The fourth-order valence-electron chi connectivity index (χ4n) is 5.36. The smallest absolute Gasteiger partial charge is 0.354 e. The van der Waals surface area contributed by atoms with Crippen molar-refractivity contribution in [2.75, 3.05) is 19.7 Å². The molecule has 0 saturated carbocycles. The zero-order chi connectivity index (χ0) is 21.4. The van der Waals surface area contributed by atoms with E-state index in [-0.39, 0.29) is 42.2 Å². The standard InChI is InChI=1S/C22H26N2O2/c1-3-22-11-7-12-23-13-10-16-15-8-5-6-9-17(15)24(19(16)20(22)23)18(14-22)21(25)26-4-2/h5-6,8-9,14,20H,3-4,7,10-13H2,1-2H3/t20-,22+/m1/s1/i5D,6D,8D,9D. The molecule has 0 bridgehead atoms. The summed E-state index contributed by atoms with van der Waals surface area (Å²) in [5, 5.41) is 0.559. The van der Waals surface area contributed by atoms with Gasteiger partial charge in [-0.15, -0.1) is 0 Å². The molecule has 1 fully saturated rings. The van der Waals surface area contributed by atoms with Gasteiger partial charge in [0.15, 0.2) is 0 Å². The Morgan fingerprint density at radius 3 is 3.00 bits per heavy atom. The van der Waals surface area contributed by atoms with E-state index < -0.39 is 5.97 Å². The van der Waals surface area contributed by atoms with E-state index in [1.54, 1.807) is 11.5 Å². The number of carbonyl (C=O) groups is 1. The molecule has 1 aromatic heterocycles. The lowest BCUT2D eigenvalue weighted by Crippen LogP contribution is -2.51. The average Bonchev–Trinajstić information content (AvgIpc) is 3.10. The molecule has 0 spiro atoms. The summed E-state index contributed by atoms with van der Waals surface area (Å²) in [6.45, 7) is 6.04. The number of para-hydroxylation sites is 1. The van der Waals surface area contributed by atoms with Crippen LogP contribution in [0.4, 0.5) is 0 Å². The summed E-state index contributed by atoms with van der Waals surface area (Å²) in [6.07, 6.45) is 5.68. The topological polar surface area (TPSA) is 34.5 Å². The van der Waals surface area contributed by atoms with Gasteiger partial charge in [0.1, 0.15) is 5.70 Å². The van der Waals surface area contributed by atoms with Gasteiger partial charge in [0.25, 0.3) is 0 Å². The minimum Gasteiger partial charge on any atom is -0.461 e. The van der Waals surface area contributed by atoms with Crippen LogP contribution in [0, 0.1) is 5.41 Å². The fraction of sp³-hybridized carbons (Fsp3) is 0.500. The Morgan fingerprint density at radius 2 is 2.19 bits per heavy atom. The number of esters is 1. The first kappa shape index (κ1) is 12.3. The Bertz CT molecular complexity index is 1120. The third kappa shape index (κ3) is 1.96. The second kappa shape index (κ2) is 5.71. The summed E-state index contributed by atoms with van der Waals surface area (Å²) in [5.41, 5.74) is 2.54. The summed E-state index contributed by atoms with van der Waals surface area (Å²) >= 11 is 0. The van der Waals surface area contributed by atoms with Crippen LogP contribution >= 0.6 is 0 Å². The first-order valence-corrected chi connectivity index (χ1v) is 9.64. The van der Waals surface area contributed by atoms with Crippen LogP contribution in [0.1, 0.15) is 55.9 Å². The summed E-state index contributed by atoms with van der Waals surface area (Å²) in [7, 11) is 0. The molecule has 1 saturated heterocycles. The first-order chi connectivity index (χ1) is 14.4. The third-order valence-electron chi connectivity index (χ3n) is 6.46. The molecule has 0 radical (unpaired) electrons. The number of hydrogen-bond donors (Lipinski definition) is 0. The van der Waals surface area contributed by atoms with Crippen molar-refractivity contribution in [1.82, 2.24) is 9.47 Å².